The van der Waals surface area contributed by atoms with Crippen molar-refractivity contribution in [3.63, 3.8) is 0 Å². The molecule has 2 aromatic rings. The van der Waals surface area contributed by atoms with Crippen LogP contribution in [0.1, 0.15) is 44.5 Å². The molecule has 0 saturated heterocycles. The van der Waals surface area contributed by atoms with Gasteiger partial charge in [0.1, 0.15) is 12.4 Å². The van der Waals surface area contributed by atoms with Gasteiger partial charge < -0.3 is 9.30 Å². The quantitative estimate of drug-likeness (QED) is 0.774. The van der Waals surface area contributed by atoms with Gasteiger partial charge in [0.2, 0.25) is 5.43 Å². The molecule has 2 unspecified atom stereocenters. The zero-order valence-electron chi connectivity index (χ0n) is 14.8. The van der Waals surface area contributed by atoms with Gasteiger partial charge in [-0.3, -0.25) is 9.59 Å². The maximum atomic E-state index is 12.2. The van der Waals surface area contributed by atoms with E-state index in [4.69, 9.17) is 4.74 Å². The van der Waals surface area contributed by atoms with Crippen LogP contribution in [-0.4, -0.2) is 10.4 Å². The Morgan fingerprint density at radius 3 is 2.46 bits per heavy atom. The molecule has 0 aliphatic carbocycles. The lowest BCUT2D eigenvalue weighted by Gasteiger charge is -2.22. The Morgan fingerprint density at radius 1 is 1.17 bits per heavy atom. The molecule has 1 aromatic heterocycles. The lowest BCUT2D eigenvalue weighted by molar-refractivity contribution is -0.120. The van der Waals surface area contributed by atoms with Crippen molar-refractivity contribution in [2.24, 2.45) is 5.92 Å². The van der Waals surface area contributed by atoms with Crippen molar-refractivity contribution in [3.05, 3.63) is 64.1 Å². The van der Waals surface area contributed by atoms with Crippen LogP contribution >= 0.6 is 0 Å². The highest BCUT2D eigenvalue weighted by atomic mass is 16.5. The van der Waals surface area contributed by atoms with Crippen molar-refractivity contribution < 1.29 is 9.53 Å². The third kappa shape index (κ3) is 4.34. The number of ether oxygens (including phenoxy) is 1. The first kappa shape index (κ1) is 18.0. The van der Waals surface area contributed by atoms with Gasteiger partial charge in [-0.1, -0.05) is 37.3 Å². The van der Waals surface area contributed by atoms with Crippen molar-refractivity contribution in [1.82, 2.24) is 4.57 Å². The number of hydrogen-bond acceptors (Lipinski definition) is 3. The second kappa shape index (κ2) is 7.95. The van der Waals surface area contributed by atoms with Gasteiger partial charge in [0, 0.05) is 24.2 Å². The van der Waals surface area contributed by atoms with Crippen molar-refractivity contribution >= 4 is 5.78 Å². The highest BCUT2D eigenvalue weighted by Gasteiger charge is 2.17. The summed E-state index contributed by atoms with van der Waals surface area (Å²) in [6.07, 6.45) is 2.52. The van der Waals surface area contributed by atoms with Gasteiger partial charge in [0.15, 0.2) is 5.75 Å². The summed E-state index contributed by atoms with van der Waals surface area (Å²) < 4.78 is 7.81. The number of nitrogens with zero attached hydrogens (tertiary/aromatic N) is 1. The van der Waals surface area contributed by atoms with Crippen LogP contribution in [0.4, 0.5) is 0 Å². The molecule has 0 N–H and O–H groups in total. The number of ketones is 1. The first-order valence-corrected chi connectivity index (χ1v) is 8.29. The molecule has 0 amide bonds. The molecule has 1 aromatic carbocycles. The summed E-state index contributed by atoms with van der Waals surface area (Å²) in [7, 11) is 0. The minimum atomic E-state index is -0.119. The monoisotopic (exact) mass is 327 g/mol. The van der Waals surface area contributed by atoms with E-state index in [2.05, 4.69) is 6.92 Å². The van der Waals surface area contributed by atoms with Crippen LogP contribution in [0.3, 0.4) is 0 Å². The molecular weight excluding hydrogens is 302 g/mol. The van der Waals surface area contributed by atoms with E-state index in [-0.39, 0.29) is 23.2 Å². The summed E-state index contributed by atoms with van der Waals surface area (Å²) in [4.78, 5) is 23.7. The van der Waals surface area contributed by atoms with E-state index in [1.54, 1.807) is 13.1 Å². The molecular formula is C20H25NO3. The molecule has 0 aliphatic heterocycles. The van der Waals surface area contributed by atoms with E-state index in [0.29, 0.717) is 12.4 Å². The number of pyridine rings is 1. The van der Waals surface area contributed by atoms with E-state index in [1.165, 1.54) is 6.07 Å². The fourth-order valence-electron chi connectivity index (χ4n) is 2.81. The minimum Gasteiger partial charge on any atom is -0.483 e. The number of hydrogen-bond donors (Lipinski definition) is 0. The second-order valence-corrected chi connectivity index (χ2v) is 6.37. The van der Waals surface area contributed by atoms with Crippen molar-refractivity contribution in [2.75, 3.05) is 0 Å². The summed E-state index contributed by atoms with van der Waals surface area (Å²) in [5.74, 6) is 0.553. The van der Waals surface area contributed by atoms with E-state index >= 15 is 0 Å². The number of aromatic nitrogens is 1. The minimum absolute atomic E-state index is 0.00693. The third-order valence-corrected chi connectivity index (χ3v) is 4.42. The Labute approximate surface area is 143 Å². The molecule has 0 aliphatic rings. The summed E-state index contributed by atoms with van der Waals surface area (Å²) >= 11 is 0. The molecule has 4 nitrogen and oxygen atoms in total. The molecule has 2 atom stereocenters. The Balaban J connectivity index is 2.20. The van der Waals surface area contributed by atoms with Gasteiger partial charge >= 0.3 is 0 Å². The largest absolute Gasteiger partial charge is 0.483 e. The molecule has 1 heterocycles. The average molecular weight is 327 g/mol. The number of carbonyl (C=O) groups excluding carboxylic acids is 1. The number of carbonyl (C=O) groups is 1. The van der Waals surface area contributed by atoms with E-state index < -0.39 is 0 Å². The number of Topliss-reactive ketones (excluding diaryl/α,β-unsaturated/α-hetero) is 1. The van der Waals surface area contributed by atoms with Crippen LogP contribution in [0, 0.1) is 12.8 Å². The van der Waals surface area contributed by atoms with Gasteiger partial charge in [-0.05, 0) is 32.8 Å². The van der Waals surface area contributed by atoms with Crippen LogP contribution < -0.4 is 10.2 Å². The standard InChI is InChI=1S/C20H25NO3/c1-14(17(4)22)12-15(2)21-11-10-19(23)20(16(21)3)24-13-18-8-6-5-7-9-18/h5-11,14-15H,12-13H2,1-4H3. The van der Waals surface area contributed by atoms with Gasteiger partial charge in [0.25, 0.3) is 0 Å². The Hall–Kier alpha value is -2.36. The first-order chi connectivity index (χ1) is 11.4. The zero-order valence-corrected chi connectivity index (χ0v) is 14.8. The van der Waals surface area contributed by atoms with E-state index in [0.717, 1.165) is 17.7 Å². The van der Waals surface area contributed by atoms with Crippen LogP contribution in [0.25, 0.3) is 0 Å². The molecule has 0 bridgehead atoms. The zero-order chi connectivity index (χ0) is 17.7. The predicted molar refractivity (Wildman–Crippen MR) is 95.4 cm³/mol. The smallest absolute Gasteiger partial charge is 0.223 e. The van der Waals surface area contributed by atoms with Crippen molar-refractivity contribution in [1.29, 1.82) is 0 Å². The first-order valence-electron chi connectivity index (χ1n) is 8.29. The van der Waals surface area contributed by atoms with Gasteiger partial charge in [0.05, 0.1) is 5.69 Å². The van der Waals surface area contributed by atoms with E-state index in [1.807, 2.05) is 48.7 Å². The Kier molecular flexibility index (Phi) is 5.96. The molecule has 0 saturated carbocycles. The van der Waals surface area contributed by atoms with E-state index in [9.17, 15) is 9.59 Å². The highest BCUT2D eigenvalue weighted by Crippen LogP contribution is 2.23. The summed E-state index contributed by atoms with van der Waals surface area (Å²) in [6, 6.07) is 11.4. The fourth-order valence-corrected chi connectivity index (χ4v) is 2.81. The Morgan fingerprint density at radius 2 is 1.83 bits per heavy atom. The maximum absolute atomic E-state index is 12.2. The molecule has 24 heavy (non-hydrogen) atoms. The lowest BCUT2D eigenvalue weighted by Crippen LogP contribution is -2.20. The van der Waals surface area contributed by atoms with Crippen LogP contribution in [0.15, 0.2) is 47.4 Å². The molecule has 0 radical (unpaired) electrons. The molecule has 2 rings (SSSR count). The predicted octanol–water partition coefficient (Wildman–Crippen LogP) is 3.91. The molecule has 0 fully saturated rings. The third-order valence-electron chi connectivity index (χ3n) is 4.42. The normalized spacial score (nSPS) is 13.3. The molecule has 128 valence electrons. The average Bonchev–Trinajstić information content (AvgIpc) is 2.55. The number of rotatable bonds is 7. The Bertz CT molecular complexity index is 749. The van der Waals surface area contributed by atoms with Crippen molar-refractivity contribution in [3.8, 4) is 5.75 Å². The molecule has 4 heteroatoms. The number of benzene rings is 1. The van der Waals surface area contributed by atoms with Gasteiger partial charge in [-0.2, -0.15) is 0 Å². The van der Waals surface area contributed by atoms with Gasteiger partial charge in [-0.15, -0.1) is 0 Å². The highest BCUT2D eigenvalue weighted by molar-refractivity contribution is 5.77. The lowest BCUT2D eigenvalue weighted by atomic mass is 9.99. The van der Waals surface area contributed by atoms with Crippen LogP contribution in [-0.2, 0) is 11.4 Å². The van der Waals surface area contributed by atoms with Crippen LogP contribution in [0.5, 0.6) is 5.75 Å². The maximum Gasteiger partial charge on any atom is 0.223 e. The summed E-state index contributed by atoms with van der Waals surface area (Å²) in [6.45, 7) is 7.85. The topological polar surface area (TPSA) is 48.3 Å². The SMILES string of the molecule is CC(=O)C(C)CC(C)n1ccc(=O)c(OCc2ccccc2)c1C. The van der Waals surface area contributed by atoms with Crippen molar-refractivity contribution in [2.45, 2.75) is 46.8 Å². The summed E-state index contributed by atoms with van der Waals surface area (Å²) in [5, 5.41) is 0. The molecule has 0 spiro atoms. The summed E-state index contributed by atoms with van der Waals surface area (Å²) in [5.41, 5.74) is 1.69. The van der Waals surface area contributed by atoms with Crippen LogP contribution in [0.2, 0.25) is 0 Å². The fraction of sp³-hybridized carbons (Fsp3) is 0.400. The second-order valence-electron chi connectivity index (χ2n) is 6.37. The van der Waals surface area contributed by atoms with Gasteiger partial charge in [-0.25, -0.2) is 0 Å².